The number of carbonyl (C=O) groups is 1. The first-order valence-corrected chi connectivity index (χ1v) is 7.32. The van der Waals surface area contributed by atoms with Gasteiger partial charge in [-0.1, -0.05) is 42.5 Å². The second-order valence-electron chi connectivity index (χ2n) is 5.18. The number of fused-ring (bicyclic) bond motifs is 3. The van der Waals surface area contributed by atoms with Gasteiger partial charge in [-0.05, 0) is 24.3 Å². The van der Waals surface area contributed by atoms with Gasteiger partial charge >= 0.3 is 6.09 Å². The maximum absolute atomic E-state index is 12.6. The van der Waals surface area contributed by atoms with Crippen molar-refractivity contribution in [1.29, 1.82) is 0 Å². The van der Waals surface area contributed by atoms with Gasteiger partial charge < -0.3 is 4.74 Å². The van der Waals surface area contributed by atoms with Gasteiger partial charge in [-0.2, -0.15) is 0 Å². The van der Waals surface area contributed by atoms with Gasteiger partial charge in [0.2, 0.25) is 0 Å². The van der Waals surface area contributed by atoms with Gasteiger partial charge in [-0.25, -0.2) is 14.3 Å². The number of rotatable bonds is 2. The summed E-state index contributed by atoms with van der Waals surface area (Å²) in [5.41, 5.74) is 2.35. The fraction of sp³-hybridized carbons (Fsp3) is 0.0526. The van der Waals surface area contributed by atoms with Gasteiger partial charge in [0.15, 0.2) is 0 Å². The van der Waals surface area contributed by atoms with E-state index in [1.54, 1.807) is 16.7 Å². The molecule has 1 radical (unpaired) electrons. The van der Waals surface area contributed by atoms with E-state index < -0.39 is 6.09 Å². The first kappa shape index (κ1) is 13.5. The largest absolute Gasteiger partial charge is 0.442 e. The quantitative estimate of drug-likeness (QED) is 0.558. The molecule has 0 N–H and O–H groups in total. The van der Waals surface area contributed by atoms with Crippen molar-refractivity contribution in [3.8, 4) is 0 Å². The Morgan fingerprint density at radius 3 is 2.22 bits per heavy atom. The van der Waals surface area contributed by atoms with Crippen LogP contribution >= 0.6 is 0 Å². The van der Waals surface area contributed by atoms with Crippen LogP contribution in [-0.2, 0) is 11.3 Å². The van der Waals surface area contributed by atoms with Gasteiger partial charge in [0, 0.05) is 10.8 Å². The van der Waals surface area contributed by atoms with Crippen molar-refractivity contribution in [3.63, 3.8) is 0 Å². The summed E-state index contributed by atoms with van der Waals surface area (Å²) < 4.78 is 7.04. The first-order chi connectivity index (χ1) is 11.3. The van der Waals surface area contributed by atoms with Crippen LogP contribution in [0.5, 0.6) is 0 Å². The van der Waals surface area contributed by atoms with Crippen LogP contribution in [0.25, 0.3) is 21.8 Å². The molecule has 0 atom stereocenters. The molecule has 0 bridgehead atoms. The lowest BCUT2D eigenvalue weighted by Crippen LogP contribution is -2.13. The second kappa shape index (κ2) is 5.57. The van der Waals surface area contributed by atoms with Crippen molar-refractivity contribution in [1.82, 2.24) is 9.55 Å². The zero-order chi connectivity index (χ0) is 15.6. The van der Waals surface area contributed by atoms with Crippen molar-refractivity contribution in [2.75, 3.05) is 0 Å². The fourth-order valence-electron chi connectivity index (χ4n) is 2.76. The Morgan fingerprint density at radius 1 is 0.957 bits per heavy atom. The summed E-state index contributed by atoms with van der Waals surface area (Å²) in [4.78, 5) is 16.7. The Labute approximate surface area is 132 Å². The molecular formula is C19H13N2O2. The van der Waals surface area contributed by atoms with Crippen LogP contribution in [0.4, 0.5) is 4.79 Å². The summed E-state index contributed by atoms with van der Waals surface area (Å²) in [6.45, 7) is 0.122. The van der Waals surface area contributed by atoms with Gasteiger partial charge in [0.05, 0.1) is 22.9 Å². The van der Waals surface area contributed by atoms with Gasteiger partial charge in [0.1, 0.15) is 6.61 Å². The average molecular weight is 301 g/mol. The van der Waals surface area contributed by atoms with Crippen molar-refractivity contribution in [2.45, 2.75) is 6.61 Å². The van der Waals surface area contributed by atoms with Gasteiger partial charge in [0.25, 0.3) is 0 Å². The number of para-hydroxylation sites is 2. The van der Waals surface area contributed by atoms with Crippen molar-refractivity contribution >= 4 is 27.9 Å². The molecule has 4 nitrogen and oxygen atoms in total. The smallest absolute Gasteiger partial charge is 0.419 e. The lowest BCUT2D eigenvalue weighted by molar-refractivity contribution is 0.142. The molecule has 4 rings (SSSR count). The Kier molecular flexibility index (Phi) is 3.27. The zero-order valence-electron chi connectivity index (χ0n) is 12.3. The summed E-state index contributed by atoms with van der Waals surface area (Å²) in [5, 5.41) is 2.07. The summed E-state index contributed by atoms with van der Waals surface area (Å²) in [7, 11) is 0. The molecule has 2 heterocycles. The second-order valence-corrected chi connectivity index (χ2v) is 5.18. The standard InChI is InChI=1S/C19H13N2O2/c22-19(23-13-14-7-5-6-12-20-14)21-17-10-3-1-8-15(17)16-9-2-4-11-18(16)21/h1-11H,13H2. The highest BCUT2D eigenvalue weighted by atomic mass is 16.5. The maximum Gasteiger partial charge on any atom is 0.419 e. The normalized spacial score (nSPS) is 11.0. The highest BCUT2D eigenvalue weighted by Gasteiger charge is 2.16. The molecule has 0 aliphatic heterocycles. The minimum absolute atomic E-state index is 0.122. The fourth-order valence-corrected chi connectivity index (χ4v) is 2.76. The number of pyridine rings is 1. The molecule has 23 heavy (non-hydrogen) atoms. The van der Waals surface area contributed by atoms with E-state index in [4.69, 9.17) is 4.74 Å². The molecule has 0 saturated carbocycles. The van der Waals surface area contributed by atoms with Crippen molar-refractivity contribution in [2.24, 2.45) is 0 Å². The molecule has 0 aliphatic carbocycles. The lowest BCUT2D eigenvalue weighted by Gasteiger charge is -2.07. The van der Waals surface area contributed by atoms with E-state index in [0.717, 1.165) is 21.8 Å². The van der Waals surface area contributed by atoms with E-state index in [1.807, 2.05) is 54.6 Å². The molecule has 0 amide bonds. The van der Waals surface area contributed by atoms with Crippen LogP contribution in [-0.4, -0.2) is 15.6 Å². The summed E-state index contributed by atoms with van der Waals surface area (Å²) >= 11 is 0. The number of ether oxygens (including phenoxy) is 1. The molecule has 4 heteroatoms. The minimum Gasteiger partial charge on any atom is -0.442 e. The number of hydrogen-bond donors (Lipinski definition) is 0. The van der Waals surface area contributed by atoms with E-state index in [0.29, 0.717) is 5.69 Å². The zero-order valence-corrected chi connectivity index (χ0v) is 12.3. The molecule has 0 spiro atoms. The number of nitrogens with zero attached hydrogens (tertiary/aromatic N) is 2. The Balaban J connectivity index is 1.76. The third-order valence-electron chi connectivity index (χ3n) is 3.77. The van der Waals surface area contributed by atoms with E-state index in [2.05, 4.69) is 11.2 Å². The monoisotopic (exact) mass is 301 g/mol. The summed E-state index contributed by atoms with van der Waals surface area (Å²) in [5.74, 6) is 0. The Morgan fingerprint density at radius 2 is 1.61 bits per heavy atom. The number of aromatic nitrogens is 2. The van der Waals surface area contributed by atoms with Crippen LogP contribution < -0.4 is 0 Å². The summed E-state index contributed by atoms with van der Waals surface area (Å²) in [6.07, 6.45) is 2.32. The predicted octanol–water partition coefficient (Wildman–Crippen LogP) is 4.17. The molecular weight excluding hydrogens is 288 g/mol. The number of hydrogen-bond acceptors (Lipinski definition) is 3. The molecule has 0 unspecified atom stereocenters. The van der Waals surface area contributed by atoms with E-state index in [-0.39, 0.29) is 6.61 Å². The molecule has 0 saturated heterocycles. The van der Waals surface area contributed by atoms with Crippen LogP contribution in [0.3, 0.4) is 0 Å². The third kappa shape index (κ3) is 2.34. The van der Waals surface area contributed by atoms with Crippen LogP contribution in [0.1, 0.15) is 5.69 Å². The molecule has 2 aromatic heterocycles. The summed E-state index contributed by atoms with van der Waals surface area (Å²) in [6, 6.07) is 20.9. The first-order valence-electron chi connectivity index (χ1n) is 7.32. The van der Waals surface area contributed by atoms with E-state index in [1.165, 1.54) is 0 Å². The molecule has 2 aromatic carbocycles. The predicted molar refractivity (Wildman–Crippen MR) is 88.1 cm³/mol. The highest BCUT2D eigenvalue weighted by molar-refractivity contribution is 6.12. The Bertz CT molecular complexity index is 937. The average Bonchev–Trinajstić information content (AvgIpc) is 2.95. The molecule has 0 fully saturated rings. The highest BCUT2D eigenvalue weighted by Crippen LogP contribution is 2.28. The number of benzene rings is 2. The third-order valence-corrected chi connectivity index (χ3v) is 3.77. The van der Waals surface area contributed by atoms with E-state index >= 15 is 0 Å². The van der Waals surface area contributed by atoms with Gasteiger partial charge in [-0.15, -0.1) is 0 Å². The molecule has 111 valence electrons. The molecule has 4 aromatic rings. The minimum atomic E-state index is -0.409. The van der Waals surface area contributed by atoms with Crippen LogP contribution in [0, 0.1) is 6.20 Å². The van der Waals surface area contributed by atoms with Gasteiger partial charge in [-0.3, -0.25) is 0 Å². The Hall–Kier alpha value is -3.14. The maximum atomic E-state index is 12.6. The van der Waals surface area contributed by atoms with E-state index in [9.17, 15) is 4.79 Å². The van der Waals surface area contributed by atoms with Crippen molar-refractivity contribution < 1.29 is 9.53 Å². The lowest BCUT2D eigenvalue weighted by atomic mass is 10.2. The van der Waals surface area contributed by atoms with Crippen molar-refractivity contribution in [3.05, 3.63) is 78.6 Å². The number of carbonyl (C=O) groups excluding carboxylic acids is 1. The SMILES string of the molecule is O=C(OCc1ccc[c]n1)n1c2ccccc2c2ccccc21. The van der Waals surface area contributed by atoms with Crippen LogP contribution in [0.2, 0.25) is 0 Å². The topological polar surface area (TPSA) is 44.1 Å². The van der Waals surface area contributed by atoms with Crippen LogP contribution in [0.15, 0.2) is 66.7 Å². The molecule has 0 aliphatic rings.